The lowest BCUT2D eigenvalue weighted by Crippen LogP contribution is -2.40. The zero-order chi connectivity index (χ0) is 50.9. The number of nitrogens with zero attached hydrogens (tertiary/aromatic N) is 9. The van der Waals surface area contributed by atoms with E-state index in [1.165, 1.54) is 18.3 Å². The maximum absolute atomic E-state index is 14.0. The van der Waals surface area contributed by atoms with Gasteiger partial charge in [-0.05, 0) is 69.3 Å². The highest BCUT2D eigenvalue weighted by molar-refractivity contribution is 5.85. The largest absolute Gasteiger partial charge is 0.444 e. The lowest BCUT2D eigenvalue weighted by atomic mass is 10.1. The van der Waals surface area contributed by atoms with Crippen LogP contribution in [-0.4, -0.2) is 92.6 Å². The summed E-state index contributed by atoms with van der Waals surface area (Å²) in [6.07, 6.45) is 6.90. The molecule has 0 aliphatic rings. The first-order valence-corrected chi connectivity index (χ1v) is 24.1. The number of imidazole rings is 2. The number of nitrogens with one attached hydrogen (secondary N) is 5. The van der Waals surface area contributed by atoms with Gasteiger partial charge in [-0.15, -0.1) is 0 Å². The number of hydrogen-bond acceptors (Lipinski definition) is 15. The Morgan fingerprint density at radius 1 is 0.658 bits per heavy atom. The first-order valence-electron chi connectivity index (χ1n) is 24.1. The van der Waals surface area contributed by atoms with Crippen LogP contribution in [0.4, 0.5) is 25.2 Å². The summed E-state index contributed by atoms with van der Waals surface area (Å²) in [4.78, 5) is 56.9. The van der Waals surface area contributed by atoms with Gasteiger partial charge in [0, 0.05) is 87.8 Å². The molecule has 20 heteroatoms. The Labute approximate surface area is 418 Å². The van der Waals surface area contributed by atoms with Crippen molar-refractivity contribution in [1.29, 1.82) is 0 Å². The Morgan fingerprint density at radius 2 is 1.18 bits per heavy atom. The third kappa shape index (κ3) is 12.6. The molecule has 0 spiro atoms. The average Bonchev–Trinajstić information content (AvgIpc) is 4.20. The highest BCUT2D eigenvalue weighted by Gasteiger charge is 2.26. The number of hydrogen-bond donors (Lipinski definition) is 5. The third-order valence-corrected chi connectivity index (χ3v) is 11.7. The van der Waals surface area contributed by atoms with Crippen molar-refractivity contribution >= 4 is 62.0 Å². The molecule has 0 aliphatic carbocycles. The van der Waals surface area contributed by atoms with E-state index in [0.717, 1.165) is 40.3 Å². The van der Waals surface area contributed by atoms with E-state index in [4.69, 9.17) is 18.6 Å². The number of H-pyrrole nitrogens is 2. The molecule has 10 rings (SSSR count). The van der Waals surface area contributed by atoms with Crippen molar-refractivity contribution in [2.75, 3.05) is 36.8 Å². The number of aromatic amines is 2. The summed E-state index contributed by atoms with van der Waals surface area (Å²) in [5.74, 6) is 3.24. The van der Waals surface area contributed by atoms with E-state index in [2.05, 4.69) is 67.7 Å². The molecule has 376 valence electrons. The smallest absolute Gasteiger partial charge is 0.410 e. The molecule has 2 atom stereocenters. The second-order valence-electron chi connectivity index (χ2n) is 18.5. The Morgan fingerprint density at radius 3 is 1.70 bits per heavy atom. The molecule has 8 heterocycles. The van der Waals surface area contributed by atoms with Crippen molar-refractivity contribution in [3.05, 3.63) is 156 Å². The van der Waals surface area contributed by atoms with Gasteiger partial charge < -0.3 is 44.4 Å². The number of aromatic nitrogens is 10. The van der Waals surface area contributed by atoms with Gasteiger partial charge in [0.1, 0.15) is 28.9 Å². The average molecular weight is 991 g/mol. The van der Waals surface area contributed by atoms with Crippen LogP contribution in [0, 0.1) is 11.6 Å². The van der Waals surface area contributed by atoms with Crippen LogP contribution in [0.5, 0.6) is 0 Å². The summed E-state index contributed by atoms with van der Waals surface area (Å²) in [5.41, 5.74) is 6.13. The minimum Gasteiger partial charge on any atom is -0.444 e. The number of benzene rings is 2. The minimum absolute atomic E-state index is 0.0736. The van der Waals surface area contributed by atoms with Crippen LogP contribution >= 0.6 is 0 Å². The van der Waals surface area contributed by atoms with Crippen molar-refractivity contribution in [3.63, 3.8) is 0 Å². The fraction of sp³-hybridized carbons (Fsp3) is 0.302. The molecule has 0 aliphatic heterocycles. The second kappa shape index (κ2) is 22.4. The Kier molecular flexibility index (Phi) is 15.2. The molecule has 18 nitrogen and oxygen atoms in total. The predicted octanol–water partition coefficient (Wildman–Crippen LogP) is 10.0. The van der Waals surface area contributed by atoms with Gasteiger partial charge in [0.05, 0.1) is 46.5 Å². The second-order valence-corrected chi connectivity index (χ2v) is 18.5. The monoisotopic (exact) mass is 990 g/mol. The van der Waals surface area contributed by atoms with Crippen molar-refractivity contribution in [2.24, 2.45) is 0 Å². The molecule has 0 saturated heterocycles. The highest BCUT2D eigenvalue weighted by Crippen LogP contribution is 2.26. The number of rotatable bonds is 18. The first kappa shape index (κ1) is 49.6. The molecule has 2 unspecified atom stereocenters. The van der Waals surface area contributed by atoms with E-state index in [0.29, 0.717) is 83.8 Å². The van der Waals surface area contributed by atoms with Gasteiger partial charge in [0.15, 0.2) is 45.6 Å². The quantitative estimate of drug-likeness (QED) is 0.0504. The summed E-state index contributed by atoms with van der Waals surface area (Å²) in [6.45, 7) is 12.2. The lowest BCUT2D eigenvalue weighted by Gasteiger charge is -2.28. The molecule has 0 saturated carbocycles. The number of carbonyl (C=O) groups is 1. The Bertz CT molecular complexity index is 3390. The van der Waals surface area contributed by atoms with Gasteiger partial charge in [0.25, 0.3) is 0 Å². The molecule has 8 aromatic heterocycles. The van der Waals surface area contributed by atoms with E-state index < -0.39 is 17.5 Å². The van der Waals surface area contributed by atoms with Crippen LogP contribution in [0.25, 0.3) is 44.3 Å². The molecule has 2 aromatic carbocycles. The molecule has 0 radical (unpaired) electrons. The number of pyridine rings is 4. The number of ether oxygens (including phenoxy) is 1. The number of amides is 1. The number of anilines is 2. The van der Waals surface area contributed by atoms with Gasteiger partial charge in [-0.2, -0.15) is 0 Å². The standard InChI is InChI=1S/C29H32FN7O3.C24H24FN7O/c1-18(26-34-20-9-5-6-10-21(20)35-26)17-37(28(38)40-29(2,3)4)15-12-24-36-25-23(39-24)11-14-32-27(25)33-16-22-19(30)8-7-13-31-22;1-15(23-30-17-6-2-3-7-18(17)31-23)13-26-11-9-21-32-22-20(33-21)8-12-28-24(22)29-14-19-16(25)5-4-10-27-19/h5-11,13-14,18H,12,15-17H2,1-4H3,(H,32,33)(H,34,35);2-8,10,12,15,26H,9,11,13-14H2,1H3,(H,28,29)(H,30,31). The minimum atomic E-state index is -0.644. The van der Waals surface area contributed by atoms with Crippen LogP contribution in [0.3, 0.4) is 0 Å². The van der Waals surface area contributed by atoms with E-state index in [1.807, 2.05) is 76.2 Å². The van der Waals surface area contributed by atoms with Crippen LogP contribution in [0.2, 0.25) is 0 Å². The number of carbonyl (C=O) groups excluding carboxylic acids is 1. The summed E-state index contributed by atoms with van der Waals surface area (Å²) >= 11 is 0. The number of fused-ring (bicyclic) bond motifs is 4. The fourth-order valence-electron chi connectivity index (χ4n) is 7.96. The molecule has 5 N–H and O–H groups in total. The summed E-state index contributed by atoms with van der Waals surface area (Å²) in [7, 11) is 0. The predicted molar refractivity (Wildman–Crippen MR) is 274 cm³/mol. The molecule has 10 aromatic rings. The number of oxazole rings is 2. The SMILES string of the molecule is CC(CN(CCc1nc2c(NCc3ncccc3F)nccc2o1)C(=O)OC(C)(C)C)c1nc2ccccc2[nH]1.CC(CNCCc1nc2c(NCc3ncccc3F)nccc2o1)c1nc2ccccc2[nH]1. The van der Waals surface area contributed by atoms with Crippen molar-refractivity contribution < 1.29 is 27.1 Å². The zero-order valence-corrected chi connectivity index (χ0v) is 41.1. The van der Waals surface area contributed by atoms with Crippen molar-refractivity contribution in [2.45, 2.75) is 78.0 Å². The van der Waals surface area contributed by atoms with Gasteiger partial charge in [0.2, 0.25) is 0 Å². The normalized spacial score (nSPS) is 12.5. The maximum Gasteiger partial charge on any atom is 0.410 e. The van der Waals surface area contributed by atoms with Gasteiger partial charge in [-0.25, -0.2) is 43.5 Å². The van der Waals surface area contributed by atoms with E-state index in [-0.39, 0.29) is 36.4 Å². The van der Waals surface area contributed by atoms with E-state index in [1.54, 1.807) is 47.8 Å². The van der Waals surface area contributed by atoms with Gasteiger partial charge in [-0.1, -0.05) is 38.1 Å². The summed E-state index contributed by atoms with van der Waals surface area (Å²) in [6, 6.07) is 25.2. The van der Waals surface area contributed by atoms with Gasteiger partial charge >= 0.3 is 6.09 Å². The molecule has 1 amide bonds. The molecule has 0 bridgehead atoms. The third-order valence-electron chi connectivity index (χ3n) is 11.7. The van der Waals surface area contributed by atoms with Crippen LogP contribution < -0.4 is 16.0 Å². The van der Waals surface area contributed by atoms with Crippen LogP contribution in [-0.2, 0) is 30.7 Å². The highest BCUT2D eigenvalue weighted by atomic mass is 19.1. The van der Waals surface area contributed by atoms with Crippen LogP contribution in [0.15, 0.2) is 119 Å². The molecular formula is C53H56F2N14O4. The Balaban J connectivity index is 0.000000183. The molecular weight excluding hydrogens is 935 g/mol. The summed E-state index contributed by atoms with van der Waals surface area (Å²) in [5, 5.41) is 9.65. The lowest BCUT2D eigenvalue weighted by molar-refractivity contribution is 0.0239. The molecule has 73 heavy (non-hydrogen) atoms. The number of halogens is 2. The topological polar surface area (TPSA) is 227 Å². The van der Waals surface area contributed by atoms with Crippen molar-refractivity contribution in [1.82, 2.24) is 60.1 Å². The fourth-order valence-corrected chi connectivity index (χ4v) is 7.96. The summed E-state index contributed by atoms with van der Waals surface area (Å²) < 4.78 is 45.4. The van der Waals surface area contributed by atoms with Gasteiger partial charge in [-0.3, -0.25) is 9.97 Å². The van der Waals surface area contributed by atoms with Crippen LogP contribution in [0.1, 0.15) is 81.3 Å². The zero-order valence-electron chi connectivity index (χ0n) is 41.1. The van der Waals surface area contributed by atoms with Crippen molar-refractivity contribution in [3.8, 4) is 0 Å². The Hall–Kier alpha value is -8.39. The first-order chi connectivity index (χ1) is 35.3. The maximum atomic E-state index is 14.0. The van der Waals surface area contributed by atoms with E-state index in [9.17, 15) is 13.6 Å². The molecule has 0 fully saturated rings. The van der Waals surface area contributed by atoms with E-state index >= 15 is 0 Å². The number of para-hydroxylation sites is 4.